The quantitative estimate of drug-likeness (QED) is 0.232. The second-order valence-corrected chi connectivity index (χ2v) is 11.2. The minimum absolute atomic E-state index is 0.0444. The minimum Gasteiger partial charge on any atom is -0.504 e. The highest BCUT2D eigenvalue weighted by Gasteiger charge is 2.72. The van der Waals surface area contributed by atoms with Crippen molar-refractivity contribution in [3.05, 3.63) is 35.1 Å². The molecule has 41 heavy (non-hydrogen) atoms. The first-order valence-corrected chi connectivity index (χ1v) is 13.7. The molecule has 1 fully saturated rings. The molecule has 4 aliphatic rings. The van der Waals surface area contributed by atoms with Gasteiger partial charge in [-0.3, -0.25) is 14.4 Å². The second-order valence-electron chi connectivity index (χ2n) is 11.2. The van der Waals surface area contributed by atoms with Crippen LogP contribution in [0, 0.1) is 0 Å². The number of nitrogens with two attached hydrogens (primary N) is 1. The summed E-state index contributed by atoms with van der Waals surface area (Å²) in [6.07, 6.45) is 0.484. The van der Waals surface area contributed by atoms with Crippen molar-refractivity contribution in [3.8, 4) is 11.5 Å². The highest BCUT2D eigenvalue weighted by atomic mass is 16.6. The van der Waals surface area contributed by atoms with E-state index in [1.54, 1.807) is 12.1 Å². The van der Waals surface area contributed by atoms with Gasteiger partial charge in [-0.2, -0.15) is 0 Å². The van der Waals surface area contributed by atoms with Gasteiger partial charge in [0.05, 0.1) is 17.4 Å². The molecule has 0 aromatic heterocycles. The fourth-order valence-corrected chi connectivity index (χ4v) is 6.74. The number of phenolic OH excluding ortho intramolecular Hbond substituents is 1. The Labute approximate surface area is 236 Å². The van der Waals surface area contributed by atoms with Crippen LogP contribution in [-0.2, 0) is 40.5 Å². The molecule has 2 aliphatic heterocycles. The molecule has 2 aliphatic carbocycles. The van der Waals surface area contributed by atoms with Crippen molar-refractivity contribution in [2.45, 2.75) is 80.8 Å². The number of carboxylic acid groups (broad SMARTS) is 1. The number of hydrogen-bond acceptors (Lipinski definition) is 11. The van der Waals surface area contributed by atoms with E-state index in [1.165, 1.54) is 6.92 Å². The molecule has 5 rings (SSSR count). The fourth-order valence-electron chi connectivity index (χ4n) is 6.74. The molecule has 0 unspecified atom stereocenters. The van der Waals surface area contributed by atoms with Crippen LogP contribution in [0.2, 0.25) is 0 Å². The summed E-state index contributed by atoms with van der Waals surface area (Å²) in [6, 6.07) is 2.09. The highest BCUT2D eigenvalue weighted by molar-refractivity contribution is 5.81. The number of esters is 2. The lowest BCUT2D eigenvalue weighted by Gasteiger charge is -2.61. The zero-order chi connectivity index (χ0) is 29.7. The number of benzene rings is 1. The molecular formula is C28H35N3O10. The van der Waals surface area contributed by atoms with Crippen LogP contribution in [0.4, 0.5) is 0 Å². The average Bonchev–Trinajstić information content (AvgIpc) is 3.28. The van der Waals surface area contributed by atoms with Crippen LogP contribution >= 0.6 is 0 Å². The normalized spacial score (nSPS) is 28.8. The SMILES string of the molecule is C[C@H](OC(=O)CCNC(=O)CC[C@H](N)C(=O)O)C(=O)OC1=CC[C@@]2(O)[C@H]3Cc4ccc(O)c5c4[C@@]2(CCN3C)[C@H]1O5. The zero-order valence-electron chi connectivity index (χ0n) is 22.9. The van der Waals surface area contributed by atoms with Crippen LogP contribution in [-0.4, -0.2) is 94.1 Å². The van der Waals surface area contributed by atoms with Crippen molar-refractivity contribution in [2.24, 2.45) is 5.73 Å². The number of nitrogens with one attached hydrogen (secondary N) is 1. The van der Waals surface area contributed by atoms with E-state index in [9.17, 15) is 29.4 Å². The molecule has 13 heteroatoms. The lowest BCUT2D eigenvalue weighted by molar-refractivity contribution is -0.175. The number of aliphatic hydroxyl groups is 1. The van der Waals surface area contributed by atoms with Crippen molar-refractivity contribution in [2.75, 3.05) is 20.1 Å². The van der Waals surface area contributed by atoms with Gasteiger partial charge in [-0.25, -0.2) is 4.79 Å². The van der Waals surface area contributed by atoms with E-state index in [0.29, 0.717) is 25.1 Å². The first kappa shape index (κ1) is 28.8. The number of nitrogens with zero attached hydrogens (tertiary/aromatic N) is 1. The van der Waals surface area contributed by atoms with Crippen LogP contribution in [0.25, 0.3) is 0 Å². The van der Waals surface area contributed by atoms with Gasteiger partial charge in [0.15, 0.2) is 23.7 Å². The lowest BCUT2D eigenvalue weighted by atomic mass is 9.50. The van der Waals surface area contributed by atoms with Gasteiger partial charge in [-0.1, -0.05) is 6.07 Å². The summed E-state index contributed by atoms with van der Waals surface area (Å²) in [5.41, 5.74) is 5.00. The zero-order valence-corrected chi connectivity index (χ0v) is 22.9. The predicted octanol–water partition coefficient (Wildman–Crippen LogP) is -0.157. The smallest absolute Gasteiger partial charge is 0.352 e. The van der Waals surface area contributed by atoms with Crippen LogP contribution in [0.1, 0.15) is 50.2 Å². The minimum atomic E-state index is -1.27. The Bertz CT molecular complexity index is 1310. The maximum Gasteiger partial charge on any atom is 0.352 e. The number of aliphatic carboxylic acids is 1. The maximum atomic E-state index is 13.0. The van der Waals surface area contributed by atoms with Crippen molar-refractivity contribution < 1.29 is 48.7 Å². The van der Waals surface area contributed by atoms with E-state index in [1.807, 2.05) is 13.1 Å². The van der Waals surface area contributed by atoms with Gasteiger partial charge in [-0.05, 0) is 57.5 Å². The third-order valence-corrected chi connectivity index (χ3v) is 8.86. The molecule has 6 atom stereocenters. The van der Waals surface area contributed by atoms with Gasteiger partial charge >= 0.3 is 17.9 Å². The maximum absolute atomic E-state index is 13.0. The van der Waals surface area contributed by atoms with E-state index in [0.717, 1.165) is 11.1 Å². The fraction of sp³-hybridized carbons (Fsp3) is 0.571. The summed E-state index contributed by atoms with van der Waals surface area (Å²) in [4.78, 5) is 49.9. The van der Waals surface area contributed by atoms with Crippen molar-refractivity contribution in [3.63, 3.8) is 0 Å². The molecule has 0 saturated carbocycles. The molecule has 2 bridgehead atoms. The van der Waals surface area contributed by atoms with Gasteiger partial charge in [0.1, 0.15) is 11.8 Å². The number of likely N-dealkylation sites (N-methyl/N-ethyl adjacent to an activating group) is 1. The number of phenols is 1. The molecule has 6 N–H and O–H groups in total. The van der Waals surface area contributed by atoms with Gasteiger partial charge in [0.2, 0.25) is 5.91 Å². The number of ether oxygens (including phenoxy) is 3. The molecule has 1 saturated heterocycles. The van der Waals surface area contributed by atoms with E-state index in [-0.39, 0.29) is 49.8 Å². The molecule has 1 aromatic carbocycles. The summed E-state index contributed by atoms with van der Waals surface area (Å²) in [7, 11) is 1.97. The van der Waals surface area contributed by atoms with Crippen LogP contribution in [0.3, 0.4) is 0 Å². The van der Waals surface area contributed by atoms with E-state index in [4.69, 9.17) is 25.1 Å². The number of carboxylic acids is 1. The Hall–Kier alpha value is -3.68. The van der Waals surface area contributed by atoms with Crippen molar-refractivity contribution in [1.29, 1.82) is 0 Å². The number of carbonyl (C=O) groups is 4. The number of amides is 1. The number of hydrogen-bond donors (Lipinski definition) is 5. The van der Waals surface area contributed by atoms with Crippen molar-refractivity contribution >= 4 is 23.8 Å². The number of rotatable bonds is 10. The summed E-state index contributed by atoms with van der Waals surface area (Å²) >= 11 is 0. The molecule has 222 valence electrons. The lowest BCUT2D eigenvalue weighted by Crippen LogP contribution is -2.74. The highest BCUT2D eigenvalue weighted by Crippen LogP contribution is 2.65. The van der Waals surface area contributed by atoms with Gasteiger partial charge in [0, 0.05) is 31.0 Å². The first-order valence-electron chi connectivity index (χ1n) is 13.7. The van der Waals surface area contributed by atoms with E-state index >= 15 is 0 Å². The van der Waals surface area contributed by atoms with Crippen LogP contribution in [0.15, 0.2) is 24.0 Å². The summed E-state index contributed by atoms with van der Waals surface area (Å²) in [6.45, 7) is 1.98. The van der Waals surface area contributed by atoms with Crippen LogP contribution < -0.4 is 15.8 Å². The molecule has 1 aromatic rings. The molecular weight excluding hydrogens is 538 g/mol. The van der Waals surface area contributed by atoms with Crippen LogP contribution in [0.5, 0.6) is 11.5 Å². The standard InChI is InChI=1S/C28H35N3O10/c1-14(39-21(34)8-11-30-20(33)6-4-16(29)25(35)36)26(37)40-18-7-9-28(38)19-13-15-3-5-17(32)23-22(15)27(28,24(18)41-23)10-12-31(19)2/h3,5,7,14,16,19,24,32,38H,4,6,8-13,29H2,1-2H3,(H,30,33)(H,35,36)/t14-,16-,19+,24-,27-,28+/m0/s1. The Morgan fingerprint density at radius 1 is 1.27 bits per heavy atom. The third kappa shape index (κ3) is 4.71. The Kier molecular flexibility index (Phi) is 7.47. The Morgan fingerprint density at radius 2 is 2.02 bits per heavy atom. The second kappa shape index (κ2) is 10.6. The number of carbonyl (C=O) groups excluding carboxylic acids is 3. The Morgan fingerprint density at radius 3 is 2.76 bits per heavy atom. The molecule has 13 nitrogen and oxygen atoms in total. The number of piperidine rings is 1. The molecule has 0 radical (unpaired) electrons. The number of aromatic hydroxyl groups is 1. The predicted molar refractivity (Wildman–Crippen MR) is 141 cm³/mol. The van der Waals surface area contributed by atoms with Gasteiger partial charge in [-0.15, -0.1) is 0 Å². The topological polar surface area (TPSA) is 198 Å². The molecule has 1 spiro atoms. The monoisotopic (exact) mass is 573 g/mol. The largest absolute Gasteiger partial charge is 0.504 e. The van der Waals surface area contributed by atoms with E-state index in [2.05, 4.69) is 10.2 Å². The molecule has 1 amide bonds. The summed E-state index contributed by atoms with van der Waals surface area (Å²) in [5, 5.41) is 34.0. The van der Waals surface area contributed by atoms with E-state index < -0.39 is 53.1 Å². The summed E-state index contributed by atoms with van der Waals surface area (Å²) in [5.74, 6) is -2.80. The molecule has 2 heterocycles. The first-order chi connectivity index (χ1) is 19.4. The van der Waals surface area contributed by atoms with Crippen molar-refractivity contribution in [1.82, 2.24) is 10.2 Å². The average molecular weight is 574 g/mol. The van der Waals surface area contributed by atoms with Gasteiger partial charge < -0.3 is 45.5 Å². The summed E-state index contributed by atoms with van der Waals surface area (Å²) < 4.78 is 17.2. The third-order valence-electron chi connectivity index (χ3n) is 8.86. The van der Waals surface area contributed by atoms with Gasteiger partial charge in [0.25, 0.3) is 0 Å². The Balaban J connectivity index is 1.22. The number of likely N-dealkylation sites (tertiary alicyclic amines) is 1.